The number of halogens is 1. The molecule has 2 aliphatic carbocycles. The molecule has 12 heteroatoms. The quantitative estimate of drug-likeness (QED) is 0.169. The van der Waals surface area contributed by atoms with E-state index in [9.17, 15) is 13.2 Å². The largest absolute Gasteiger partial charge is 0.424 e. The third kappa shape index (κ3) is 7.94. The number of rotatable bonds is 10. The van der Waals surface area contributed by atoms with Crippen molar-refractivity contribution in [1.82, 2.24) is 14.8 Å². The second-order valence-corrected chi connectivity index (χ2v) is 17.8. The van der Waals surface area contributed by atoms with Gasteiger partial charge in [0.25, 0.3) is 0 Å². The van der Waals surface area contributed by atoms with Crippen molar-refractivity contribution in [2.45, 2.75) is 88.2 Å². The molecule has 9 nitrogen and oxygen atoms in total. The minimum absolute atomic E-state index is 0.0549. The van der Waals surface area contributed by atoms with Crippen molar-refractivity contribution in [3.63, 3.8) is 0 Å². The molecule has 4 aliphatic rings. The number of hydrogen-bond acceptors (Lipinski definition) is 8. The zero-order valence-corrected chi connectivity index (χ0v) is 30.4. The fourth-order valence-corrected chi connectivity index (χ4v) is 8.01. The van der Waals surface area contributed by atoms with E-state index in [1.807, 2.05) is 4.57 Å². The second-order valence-electron chi connectivity index (χ2n) is 14.6. The first-order valence-electron chi connectivity index (χ1n) is 17.0. The summed E-state index contributed by atoms with van der Waals surface area (Å²) in [6.07, 6.45) is 9.76. The summed E-state index contributed by atoms with van der Waals surface area (Å²) in [5.74, 6) is 5.66. The van der Waals surface area contributed by atoms with E-state index >= 15 is 4.39 Å². The molecule has 2 saturated heterocycles. The van der Waals surface area contributed by atoms with Crippen LogP contribution in [0.3, 0.4) is 0 Å². The molecule has 0 amide bonds. The minimum atomic E-state index is -3.50. The number of hydrogen-bond donors (Lipinski definition) is 2. The Kier molecular flexibility index (Phi) is 10.0. The van der Waals surface area contributed by atoms with Crippen molar-refractivity contribution < 1.29 is 27.1 Å². The number of aromatic nitrogens is 1. The molecule has 260 valence electrons. The average molecular weight is 699 g/mol. The number of benzene rings is 1. The number of alkyl halides is 1. The normalized spacial score (nSPS) is 23.1. The number of fused-ring (bicyclic) bond motifs is 1. The fourth-order valence-electron chi connectivity index (χ4n) is 7.19. The van der Waals surface area contributed by atoms with Crippen molar-refractivity contribution in [3.8, 4) is 17.6 Å². The lowest BCUT2D eigenvalue weighted by molar-refractivity contribution is -0.200. The molecule has 3 fully saturated rings. The monoisotopic (exact) mass is 698 g/mol. The van der Waals surface area contributed by atoms with E-state index in [4.69, 9.17) is 9.47 Å². The molecule has 2 aromatic rings. The highest BCUT2D eigenvalue weighted by Crippen LogP contribution is 2.41. The number of esters is 1. The molecule has 2 unspecified atom stereocenters. The first-order chi connectivity index (χ1) is 22.7. The number of nitrogens with zero attached hydrogens (tertiary/aromatic N) is 2. The van der Waals surface area contributed by atoms with Crippen LogP contribution in [0.25, 0.3) is 11.8 Å². The van der Waals surface area contributed by atoms with Crippen LogP contribution in [0, 0.1) is 23.2 Å². The van der Waals surface area contributed by atoms with E-state index in [2.05, 4.69) is 48.8 Å². The molecule has 3 heterocycles. The molecule has 6 rings (SSSR count). The number of anilines is 1. The van der Waals surface area contributed by atoms with Gasteiger partial charge in [0, 0.05) is 59.2 Å². The van der Waals surface area contributed by atoms with Crippen molar-refractivity contribution in [2.24, 2.45) is 11.3 Å². The zero-order chi connectivity index (χ0) is 34.3. The third-order valence-electron chi connectivity index (χ3n) is 9.79. The SMILES string of the molecule is CC(C)C(=O)Oc1cc(S(C)(=O)=O)ccc1NCC#Cc1cc2c(n1CC(C)(F)P)=CCCC=2NC1CCC(N2CC3(COC3)C2)CC1. The molecular weight excluding hydrogens is 650 g/mol. The number of ether oxygens (including phenoxy) is 2. The van der Waals surface area contributed by atoms with E-state index in [1.165, 1.54) is 43.8 Å². The van der Waals surface area contributed by atoms with Crippen molar-refractivity contribution >= 4 is 42.5 Å². The Morgan fingerprint density at radius 2 is 1.94 bits per heavy atom. The predicted molar refractivity (Wildman–Crippen MR) is 189 cm³/mol. The van der Waals surface area contributed by atoms with Crippen molar-refractivity contribution in [2.75, 3.05) is 44.4 Å². The Labute approximate surface area is 285 Å². The number of carbonyl (C=O) groups excluding carboxylic acids is 1. The summed E-state index contributed by atoms with van der Waals surface area (Å²) in [5, 5.41) is 7.61. The van der Waals surface area contributed by atoms with Gasteiger partial charge in [-0.1, -0.05) is 35.1 Å². The summed E-state index contributed by atoms with van der Waals surface area (Å²) in [6.45, 7) is 9.53. The molecule has 48 heavy (non-hydrogen) atoms. The lowest BCUT2D eigenvalue weighted by Gasteiger charge is -2.58. The zero-order valence-electron chi connectivity index (χ0n) is 28.4. The topological polar surface area (TPSA) is 102 Å². The number of likely N-dealkylation sites (tertiary alicyclic amines) is 1. The van der Waals surface area contributed by atoms with Gasteiger partial charge in [0.05, 0.1) is 48.5 Å². The maximum atomic E-state index is 15.1. The van der Waals surface area contributed by atoms with Gasteiger partial charge in [-0.2, -0.15) is 0 Å². The van der Waals surface area contributed by atoms with E-state index in [0.717, 1.165) is 61.4 Å². The van der Waals surface area contributed by atoms with E-state index in [0.29, 0.717) is 23.2 Å². The summed E-state index contributed by atoms with van der Waals surface area (Å²) in [7, 11) is -1.20. The molecule has 1 saturated carbocycles. The minimum Gasteiger partial charge on any atom is -0.424 e. The Morgan fingerprint density at radius 3 is 2.56 bits per heavy atom. The van der Waals surface area contributed by atoms with Crippen LogP contribution in [0.15, 0.2) is 29.2 Å². The molecule has 1 aromatic carbocycles. The maximum absolute atomic E-state index is 15.1. The van der Waals surface area contributed by atoms with Crippen LogP contribution in [0.2, 0.25) is 0 Å². The number of sulfone groups is 1. The Balaban J connectivity index is 1.18. The number of carbonyl (C=O) groups is 1. The first-order valence-corrected chi connectivity index (χ1v) is 19.4. The highest BCUT2D eigenvalue weighted by Gasteiger charge is 2.50. The van der Waals surface area contributed by atoms with E-state index in [1.54, 1.807) is 26.8 Å². The molecule has 2 N–H and O–H groups in total. The van der Waals surface area contributed by atoms with Crippen molar-refractivity contribution in [1.29, 1.82) is 0 Å². The van der Waals surface area contributed by atoms with E-state index in [-0.39, 0.29) is 29.7 Å². The van der Waals surface area contributed by atoms with E-state index < -0.39 is 21.2 Å². The first kappa shape index (κ1) is 34.9. The number of nitrogens with one attached hydrogen (secondary N) is 2. The Morgan fingerprint density at radius 1 is 1.21 bits per heavy atom. The summed E-state index contributed by atoms with van der Waals surface area (Å²) < 4.78 is 52.3. The Bertz CT molecular complexity index is 1840. The second kappa shape index (κ2) is 13.8. The molecule has 2 aliphatic heterocycles. The summed E-state index contributed by atoms with van der Waals surface area (Å²) in [6, 6.07) is 7.56. The van der Waals surface area contributed by atoms with Gasteiger partial charge in [0.15, 0.2) is 15.6 Å². The van der Waals surface area contributed by atoms with Gasteiger partial charge in [-0.15, -0.1) is 0 Å². The van der Waals surface area contributed by atoms with Gasteiger partial charge < -0.3 is 24.7 Å². The Hall–Kier alpha value is -2.90. The van der Waals surface area contributed by atoms with Crippen LogP contribution in [0.5, 0.6) is 5.75 Å². The average Bonchev–Trinajstić information content (AvgIpc) is 3.31. The molecule has 0 bridgehead atoms. The van der Waals surface area contributed by atoms with Gasteiger partial charge in [0.1, 0.15) is 5.41 Å². The lowest BCUT2D eigenvalue weighted by atomic mass is 9.75. The maximum Gasteiger partial charge on any atom is 0.313 e. The summed E-state index contributed by atoms with van der Waals surface area (Å²) in [4.78, 5) is 15.1. The van der Waals surface area contributed by atoms with Crippen LogP contribution in [0.1, 0.15) is 65.0 Å². The predicted octanol–water partition coefficient (Wildman–Crippen LogP) is 3.39. The van der Waals surface area contributed by atoms with Crippen LogP contribution < -0.4 is 25.9 Å². The van der Waals surface area contributed by atoms with Crippen LogP contribution in [-0.2, 0) is 25.9 Å². The van der Waals surface area contributed by atoms with Gasteiger partial charge in [-0.25, -0.2) is 12.8 Å². The molecule has 1 spiro atoms. The van der Waals surface area contributed by atoms with Gasteiger partial charge in [-0.3, -0.25) is 9.69 Å². The van der Waals surface area contributed by atoms with Gasteiger partial charge in [-0.05, 0) is 69.6 Å². The van der Waals surface area contributed by atoms with Gasteiger partial charge >= 0.3 is 5.97 Å². The highest BCUT2D eigenvalue weighted by molar-refractivity contribution is 7.90. The van der Waals surface area contributed by atoms with Crippen LogP contribution in [-0.4, -0.2) is 80.5 Å². The standard InChI is InChI=1S/C36H48FN4O5PS/c1-24(2)34(42)46-33-18-28(48(4,43)44)14-15-31(33)38-16-6-7-27-17-29-30(8-5-9-32(29)41(27)19-35(3,37)47)39-25-10-12-26(13-11-25)40-20-36(21-40)22-45-23-36/h9,14-15,17-18,24-26,38-39H,5,8,10-13,16,19-23,47H2,1-4H3. The molecule has 0 radical (unpaired) electrons. The lowest BCUT2D eigenvalue weighted by Crippen LogP contribution is -2.68. The highest BCUT2D eigenvalue weighted by atomic mass is 32.2. The van der Waals surface area contributed by atoms with Crippen molar-refractivity contribution in [3.05, 3.63) is 40.5 Å². The molecular formula is C36H48FN4O5PS. The molecule has 2 atom stereocenters. The third-order valence-corrected chi connectivity index (χ3v) is 11.1. The smallest absolute Gasteiger partial charge is 0.313 e. The van der Waals surface area contributed by atoms with Crippen LogP contribution >= 0.6 is 9.24 Å². The van der Waals surface area contributed by atoms with Gasteiger partial charge in [0.2, 0.25) is 0 Å². The fraction of sp³-hybridized carbons (Fsp3) is 0.583. The summed E-state index contributed by atoms with van der Waals surface area (Å²) >= 11 is 0. The van der Waals surface area contributed by atoms with Crippen LogP contribution in [0.4, 0.5) is 10.1 Å². The summed E-state index contributed by atoms with van der Waals surface area (Å²) in [5.41, 5.74) is 2.83. The molecule has 1 aromatic heterocycles.